The third kappa shape index (κ3) is 8.86. The number of benzene rings is 4. The highest BCUT2D eigenvalue weighted by Gasteiger charge is 2.35. The number of ether oxygens (including phenoxy) is 1. The monoisotopic (exact) mass is 665 g/mol. The normalized spacial score (nSPS) is 12.0. The Kier molecular flexibility index (Phi) is 11.8. The molecule has 0 aromatic heterocycles. The third-order valence-electron chi connectivity index (χ3n) is 7.24. The van der Waals surface area contributed by atoms with Crippen LogP contribution in [0.1, 0.15) is 25.0 Å². The van der Waals surface area contributed by atoms with Gasteiger partial charge in [0.1, 0.15) is 24.2 Å². The molecule has 1 atom stereocenters. The number of nitrogens with zero attached hydrogens (tertiary/aromatic N) is 2. The largest absolute Gasteiger partial charge is 0.497 e. The van der Waals surface area contributed by atoms with Crippen molar-refractivity contribution in [1.29, 1.82) is 0 Å². The molecule has 0 aliphatic heterocycles. The first-order chi connectivity index (χ1) is 22.0. The highest BCUT2D eigenvalue weighted by Crippen LogP contribution is 2.29. The highest BCUT2D eigenvalue weighted by atomic mass is 35.5. The standard InChI is InChI=1S/C35H37ClFN3O5S/c1-25(2)22-38-35(42)33(20-26-11-6-4-7-12-26)39(23-27-13-10-14-29(19-27)45-3)34(41)24-40(28-17-18-32(37)31(36)21-28)46(43,44)30-15-8-5-9-16-30/h4-19,21,25,33H,20,22-24H2,1-3H3,(H,38,42)/t33-/m1/s1. The van der Waals surface area contributed by atoms with Crippen molar-refractivity contribution in [2.45, 2.75) is 37.8 Å². The predicted molar refractivity (Wildman–Crippen MR) is 178 cm³/mol. The fourth-order valence-electron chi connectivity index (χ4n) is 4.83. The molecule has 0 heterocycles. The molecule has 11 heteroatoms. The van der Waals surface area contributed by atoms with Gasteiger partial charge >= 0.3 is 0 Å². The maximum Gasteiger partial charge on any atom is 0.264 e. The van der Waals surface area contributed by atoms with Crippen LogP contribution in [0.15, 0.2) is 108 Å². The molecular formula is C35H37ClFN3O5S. The SMILES string of the molecule is COc1cccc(CN(C(=O)CN(c2ccc(F)c(Cl)c2)S(=O)(=O)c2ccccc2)[C@H](Cc2ccccc2)C(=O)NCC(C)C)c1. The minimum absolute atomic E-state index is 0.00574. The fraction of sp³-hybridized carbons (Fsp3) is 0.257. The number of nitrogens with one attached hydrogen (secondary N) is 1. The van der Waals surface area contributed by atoms with Gasteiger partial charge in [-0.3, -0.25) is 13.9 Å². The van der Waals surface area contributed by atoms with Gasteiger partial charge in [-0.25, -0.2) is 12.8 Å². The lowest BCUT2D eigenvalue weighted by atomic mass is 10.0. The van der Waals surface area contributed by atoms with E-state index in [-0.39, 0.29) is 40.4 Å². The van der Waals surface area contributed by atoms with E-state index in [4.69, 9.17) is 16.3 Å². The summed E-state index contributed by atoms with van der Waals surface area (Å²) in [6.07, 6.45) is 0.175. The smallest absolute Gasteiger partial charge is 0.264 e. The maximum absolute atomic E-state index is 14.5. The van der Waals surface area contributed by atoms with Crippen LogP contribution in [-0.4, -0.2) is 51.4 Å². The van der Waals surface area contributed by atoms with Crippen LogP contribution >= 0.6 is 11.6 Å². The van der Waals surface area contributed by atoms with Gasteiger partial charge in [0, 0.05) is 19.5 Å². The Hall–Kier alpha value is -4.41. The summed E-state index contributed by atoms with van der Waals surface area (Å²) in [5.41, 5.74) is 1.48. The van der Waals surface area contributed by atoms with Gasteiger partial charge < -0.3 is 15.0 Å². The minimum Gasteiger partial charge on any atom is -0.497 e. The van der Waals surface area contributed by atoms with Crippen LogP contribution in [0.4, 0.5) is 10.1 Å². The van der Waals surface area contributed by atoms with E-state index in [1.165, 1.54) is 30.2 Å². The van der Waals surface area contributed by atoms with Gasteiger partial charge in [0.2, 0.25) is 11.8 Å². The Balaban J connectivity index is 1.82. The van der Waals surface area contributed by atoms with Gasteiger partial charge in [-0.1, -0.05) is 86.1 Å². The van der Waals surface area contributed by atoms with Crippen molar-refractivity contribution in [1.82, 2.24) is 10.2 Å². The van der Waals surface area contributed by atoms with Gasteiger partial charge in [-0.15, -0.1) is 0 Å². The van der Waals surface area contributed by atoms with Crippen LogP contribution < -0.4 is 14.4 Å². The van der Waals surface area contributed by atoms with Crippen molar-refractivity contribution in [3.63, 3.8) is 0 Å². The van der Waals surface area contributed by atoms with Crippen LogP contribution in [0.2, 0.25) is 5.02 Å². The Morgan fingerprint density at radius 2 is 1.54 bits per heavy atom. The average molecular weight is 666 g/mol. The second-order valence-corrected chi connectivity index (χ2v) is 13.4. The number of methoxy groups -OCH3 is 1. The molecule has 0 saturated heterocycles. The van der Waals surface area contributed by atoms with E-state index < -0.39 is 34.3 Å². The molecule has 242 valence electrons. The summed E-state index contributed by atoms with van der Waals surface area (Å²) in [5.74, 6) is -1.06. The first-order valence-corrected chi connectivity index (χ1v) is 16.6. The summed E-state index contributed by atoms with van der Waals surface area (Å²) >= 11 is 6.07. The molecule has 0 spiro atoms. The van der Waals surface area contributed by atoms with Gasteiger partial charge in [-0.05, 0) is 59.5 Å². The number of carbonyl (C=O) groups is 2. The minimum atomic E-state index is -4.34. The molecule has 0 aliphatic carbocycles. The van der Waals surface area contributed by atoms with Crippen molar-refractivity contribution in [2.75, 3.05) is 24.5 Å². The number of hydrogen-bond donors (Lipinski definition) is 1. The molecule has 4 rings (SSSR count). The Bertz CT molecular complexity index is 1740. The molecule has 0 radical (unpaired) electrons. The Morgan fingerprint density at radius 3 is 2.17 bits per heavy atom. The van der Waals surface area contributed by atoms with Crippen LogP contribution in [0, 0.1) is 11.7 Å². The number of halogens is 2. The van der Waals surface area contributed by atoms with E-state index in [1.54, 1.807) is 42.5 Å². The number of amides is 2. The first-order valence-electron chi connectivity index (χ1n) is 14.8. The number of carbonyl (C=O) groups excluding carboxylic acids is 2. The van der Waals surface area contributed by atoms with E-state index in [0.29, 0.717) is 17.9 Å². The number of sulfonamides is 1. The van der Waals surface area contributed by atoms with Gasteiger partial charge in [0.05, 0.1) is 22.7 Å². The van der Waals surface area contributed by atoms with Gasteiger partial charge in [0.25, 0.3) is 10.0 Å². The average Bonchev–Trinajstić information content (AvgIpc) is 3.06. The van der Waals surface area contributed by atoms with Gasteiger partial charge in [-0.2, -0.15) is 0 Å². The molecule has 0 bridgehead atoms. The molecule has 4 aromatic rings. The first kappa shape index (κ1) is 34.5. The molecule has 4 aromatic carbocycles. The van der Waals surface area contributed by atoms with Crippen molar-refractivity contribution in [3.05, 3.63) is 125 Å². The zero-order valence-electron chi connectivity index (χ0n) is 25.9. The van der Waals surface area contributed by atoms with E-state index in [9.17, 15) is 22.4 Å². The molecule has 46 heavy (non-hydrogen) atoms. The van der Waals surface area contributed by atoms with Gasteiger partial charge in [0.15, 0.2) is 0 Å². The van der Waals surface area contributed by atoms with E-state index >= 15 is 0 Å². The van der Waals surface area contributed by atoms with Crippen molar-refractivity contribution in [2.24, 2.45) is 5.92 Å². The van der Waals surface area contributed by atoms with Crippen molar-refractivity contribution in [3.8, 4) is 5.75 Å². The second-order valence-electron chi connectivity index (χ2n) is 11.1. The van der Waals surface area contributed by atoms with E-state index in [0.717, 1.165) is 22.0 Å². The second kappa shape index (κ2) is 15.7. The number of rotatable bonds is 14. The fourth-order valence-corrected chi connectivity index (χ4v) is 6.43. The highest BCUT2D eigenvalue weighted by molar-refractivity contribution is 7.92. The van der Waals surface area contributed by atoms with Crippen LogP contribution in [0.5, 0.6) is 5.75 Å². The van der Waals surface area contributed by atoms with E-state index in [1.807, 2.05) is 44.2 Å². The summed E-state index contributed by atoms with van der Waals surface area (Å²) in [7, 11) is -2.81. The molecule has 0 fully saturated rings. The lowest BCUT2D eigenvalue weighted by Crippen LogP contribution is -2.53. The van der Waals surface area contributed by atoms with E-state index in [2.05, 4.69) is 5.32 Å². The zero-order chi connectivity index (χ0) is 33.3. The zero-order valence-corrected chi connectivity index (χ0v) is 27.5. The molecule has 0 aliphatic rings. The summed E-state index contributed by atoms with van der Waals surface area (Å²) in [6.45, 7) is 3.60. The predicted octanol–water partition coefficient (Wildman–Crippen LogP) is 6.10. The molecule has 8 nitrogen and oxygen atoms in total. The molecule has 1 N–H and O–H groups in total. The maximum atomic E-state index is 14.5. The molecular weight excluding hydrogens is 629 g/mol. The van der Waals surface area contributed by atoms with Crippen molar-refractivity contribution < 1.29 is 27.1 Å². The summed E-state index contributed by atoms with van der Waals surface area (Å²) < 4.78 is 48.5. The quantitative estimate of drug-likeness (QED) is 0.176. The Labute approximate surface area is 274 Å². The number of hydrogen-bond acceptors (Lipinski definition) is 5. The van der Waals surface area contributed by atoms with Crippen molar-refractivity contribution >= 4 is 39.1 Å². The molecule has 0 saturated carbocycles. The Morgan fingerprint density at radius 1 is 0.891 bits per heavy atom. The molecule has 2 amide bonds. The third-order valence-corrected chi connectivity index (χ3v) is 9.32. The number of anilines is 1. The lowest BCUT2D eigenvalue weighted by Gasteiger charge is -2.34. The summed E-state index contributed by atoms with van der Waals surface area (Å²) in [5, 5.41) is 2.65. The molecule has 0 unspecified atom stereocenters. The van der Waals surface area contributed by atoms with Crippen LogP contribution in [0.25, 0.3) is 0 Å². The summed E-state index contributed by atoms with van der Waals surface area (Å²) in [6, 6.07) is 26.4. The van der Waals surface area contributed by atoms with Crippen LogP contribution in [0.3, 0.4) is 0 Å². The lowest BCUT2D eigenvalue weighted by molar-refractivity contribution is -0.140. The topological polar surface area (TPSA) is 96.0 Å². The van der Waals surface area contributed by atoms with Crippen LogP contribution in [-0.2, 0) is 32.6 Å². The summed E-state index contributed by atoms with van der Waals surface area (Å²) in [4.78, 5) is 29.7.